The molecular weight excluding hydrogens is 296 g/mol. The lowest BCUT2D eigenvalue weighted by Crippen LogP contribution is -2.17. The molecule has 0 aliphatic rings. The van der Waals surface area contributed by atoms with E-state index in [-0.39, 0.29) is 13.0 Å². The van der Waals surface area contributed by atoms with Crippen LogP contribution in [0.5, 0.6) is 11.5 Å². The van der Waals surface area contributed by atoms with Crippen LogP contribution in [0.25, 0.3) is 11.1 Å². The number of anilines is 2. The first kappa shape index (κ1) is 16.9. The van der Waals surface area contributed by atoms with Crippen molar-refractivity contribution in [3.05, 3.63) is 35.9 Å². The van der Waals surface area contributed by atoms with Crippen molar-refractivity contribution in [1.29, 1.82) is 0 Å². The third-order valence-electron chi connectivity index (χ3n) is 3.62. The molecule has 124 valence electrons. The molecule has 0 fully saturated rings. The Labute approximate surface area is 135 Å². The molecule has 0 bridgehead atoms. The zero-order valence-electron chi connectivity index (χ0n) is 13.2. The Kier molecular flexibility index (Phi) is 5.31. The van der Waals surface area contributed by atoms with Gasteiger partial charge in [-0.15, -0.1) is 0 Å². The normalized spacial score (nSPS) is 12.0. The van der Waals surface area contributed by atoms with Gasteiger partial charge in [0.2, 0.25) is 0 Å². The maximum atomic E-state index is 9.79. The Balaban J connectivity index is 2.61. The minimum absolute atomic E-state index is 0.220. The van der Waals surface area contributed by atoms with Gasteiger partial charge in [-0.1, -0.05) is 0 Å². The van der Waals surface area contributed by atoms with Gasteiger partial charge in [0.05, 0.1) is 26.9 Å². The number of nitrogen functional groups attached to an aromatic ring is 2. The van der Waals surface area contributed by atoms with Crippen molar-refractivity contribution in [2.24, 2.45) is 0 Å². The van der Waals surface area contributed by atoms with Gasteiger partial charge in [0, 0.05) is 23.9 Å². The van der Waals surface area contributed by atoms with Crippen LogP contribution in [-0.4, -0.2) is 37.1 Å². The topological polar surface area (TPSA) is 111 Å². The highest BCUT2D eigenvalue weighted by Gasteiger charge is 2.15. The molecule has 1 unspecified atom stereocenters. The number of ether oxygens (including phenoxy) is 2. The second-order valence-corrected chi connectivity index (χ2v) is 5.28. The third-order valence-corrected chi connectivity index (χ3v) is 3.62. The van der Waals surface area contributed by atoms with Crippen molar-refractivity contribution >= 4 is 11.4 Å². The Morgan fingerprint density at radius 2 is 1.61 bits per heavy atom. The van der Waals surface area contributed by atoms with Gasteiger partial charge in [0.15, 0.2) is 0 Å². The molecular formula is C17H22N2O4. The summed E-state index contributed by atoms with van der Waals surface area (Å²) >= 11 is 0. The molecule has 0 amide bonds. The van der Waals surface area contributed by atoms with E-state index in [2.05, 4.69) is 0 Å². The summed E-state index contributed by atoms with van der Waals surface area (Å²) in [5.41, 5.74) is 15.3. The van der Waals surface area contributed by atoms with Gasteiger partial charge in [-0.05, 0) is 41.0 Å². The smallest absolute Gasteiger partial charge is 0.123 e. The summed E-state index contributed by atoms with van der Waals surface area (Å²) in [6, 6.07) is 8.86. The molecule has 0 aromatic heterocycles. The molecule has 0 aliphatic heterocycles. The Morgan fingerprint density at radius 1 is 1.00 bits per heavy atom. The van der Waals surface area contributed by atoms with E-state index in [0.717, 1.165) is 16.7 Å². The summed E-state index contributed by atoms with van der Waals surface area (Å²) in [5, 5.41) is 18.9. The Hall–Kier alpha value is -2.44. The predicted octanol–water partition coefficient (Wildman–Crippen LogP) is 1.43. The van der Waals surface area contributed by atoms with Crippen molar-refractivity contribution in [2.45, 2.75) is 12.5 Å². The molecule has 6 N–H and O–H groups in total. The molecule has 2 aromatic rings. The van der Waals surface area contributed by atoms with Gasteiger partial charge in [-0.3, -0.25) is 0 Å². The average molecular weight is 318 g/mol. The van der Waals surface area contributed by atoms with Crippen LogP contribution in [0.2, 0.25) is 0 Å². The summed E-state index contributed by atoms with van der Waals surface area (Å²) in [5.74, 6) is 1.27. The monoisotopic (exact) mass is 318 g/mol. The molecule has 0 saturated carbocycles. The highest BCUT2D eigenvalue weighted by atomic mass is 16.5. The SMILES string of the molecule is COc1cc(OC)cc(-c2cc(N)cc(N)c2CC(O)CO)c1. The van der Waals surface area contributed by atoms with Crippen LogP contribution in [0.3, 0.4) is 0 Å². The Bertz CT molecular complexity index is 666. The van der Waals surface area contributed by atoms with Crippen LogP contribution in [-0.2, 0) is 6.42 Å². The summed E-state index contributed by atoms with van der Waals surface area (Å²) in [6.07, 6.45) is -0.676. The van der Waals surface area contributed by atoms with Crippen molar-refractivity contribution in [3.8, 4) is 22.6 Å². The summed E-state index contributed by atoms with van der Waals surface area (Å²) < 4.78 is 10.6. The summed E-state index contributed by atoms with van der Waals surface area (Å²) in [7, 11) is 3.14. The number of aliphatic hydroxyl groups is 2. The molecule has 2 aromatic carbocycles. The second-order valence-electron chi connectivity index (χ2n) is 5.28. The minimum atomic E-state index is -0.896. The van der Waals surface area contributed by atoms with Crippen molar-refractivity contribution in [2.75, 3.05) is 32.3 Å². The van der Waals surface area contributed by atoms with Crippen LogP contribution in [0.15, 0.2) is 30.3 Å². The number of benzene rings is 2. The van der Waals surface area contributed by atoms with Gasteiger partial charge in [-0.25, -0.2) is 0 Å². The van der Waals surface area contributed by atoms with Crippen LogP contribution >= 0.6 is 0 Å². The van der Waals surface area contributed by atoms with Gasteiger partial charge >= 0.3 is 0 Å². The van der Waals surface area contributed by atoms with E-state index in [1.165, 1.54) is 0 Å². The minimum Gasteiger partial charge on any atom is -0.497 e. The largest absolute Gasteiger partial charge is 0.497 e. The van der Waals surface area contributed by atoms with E-state index in [0.29, 0.717) is 22.9 Å². The number of aliphatic hydroxyl groups excluding tert-OH is 2. The van der Waals surface area contributed by atoms with Gasteiger partial charge in [0.25, 0.3) is 0 Å². The lowest BCUT2D eigenvalue weighted by atomic mass is 9.93. The van der Waals surface area contributed by atoms with Crippen molar-refractivity contribution in [1.82, 2.24) is 0 Å². The molecule has 0 saturated heterocycles. The molecule has 0 aliphatic carbocycles. The molecule has 0 heterocycles. The van der Waals surface area contributed by atoms with E-state index >= 15 is 0 Å². The molecule has 23 heavy (non-hydrogen) atoms. The molecule has 0 radical (unpaired) electrons. The van der Waals surface area contributed by atoms with Crippen LogP contribution in [0, 0.1) is 0 Å². The molecule has 6 heteroatoms. The van der Waals surface area contributed by atoms with E-state index in [1.54, 1.807) is 32.4 Å². The fourth-order valence-corrected chi connectivity index (χ4v) is 2.47. The van der Waals surface area contributed by atoms with Crippen LogP contribution < -0.4 is 20.9 Å². The standard InChI is InChI=1S/C17H22N2O4/c1-22-13-3-10(4-14(8-13)23-2)15-5-11(18)6-17(19)16(15)7-12(21)9-20/h3-6,8,12,20-21H,7,9,18-19H2,1-2H3. The fourth-order valence-electron chi connectivity index (χ4n) is 2.47. The number of hydrogen-bond donors (Lipinski definition) is 4. The first-order chi connectivity index (χ1) is 11.0. The molecule has 1 atom stereocenters. The number of nitrogens with two attached hydrogens (primary N) is 2. The molecule has 0 spiro atoms. The Morgan fingerprint density at radius 3 is 2.13 bits per heavy atom. The van der Waals surface area contributed by atoms with E-state index in [4.69, 9.17) is 26.0 Å². The third kappa shape index (κ3) is 3.85. The van der Waals surface area contributed by atoms with Gasteiger partial charge in [0.1, 0.15) is 11.5 Å². The van der Waals surface area contributed by atoms with Gasteiger partial charge in [-0.2, -0.15) is 0 Å². The second kappa shape index (κ2) is 7.21. The van der Waals surface area contributed by atoms with Crippen molar-refractivity contribution < 1.29 is 19.7 Å². The van der Waals surface area contributed by atoms with E-state index in [1.807, 2.05) is 12.1 Å². The number of hydrogen-bond acceptors (Lipinski definition) is 6. The van der Waals surface area contributed by atoms with E-state index < -0.39 is 6.10 Å². The average Bonchev–Trinajstić information content (AvgIpc) is 2.56. The van der Waals surface area contributed by atoms with E-state index in [9.17, 15) is 5.11 Å². The zero-order valence-corrected chi connectivity index (χ0v) is 13.2. The van der Waals surface area contributed by atoms with Crippen LogP contribution in [0.1, 0.15) is 5.56 Å². The maximum Gasteiger partial charge on any atom is 0.123 e. The van der Waals surface area contributed by atoms with Crippen LogP contribution in [0.4, 0.5) is 11.4 Å². The number of rotatable bonds is 6. The molecule has 6 nitrogen and oxygen atoms in total. The lowest BCUT2D eigenvalue weighted by Gasteiger charge is -2.17. The zero-order chi connectivity index (χ0) is 17.0. The molecule has 2 rings (SSSR count). The first-order valence-electron chi connectivity index (χ1n) is 7.18. The lowest BCUT2D eigenvalue weighted by molar-refractivity contribution is 0.0957. The van der Waals surface area contributed by atoms with Crippen molar-refractivity contribution in [3.63, 3.8) is 0 Å². The number of methoxy groups -OCH3 is 2. The fraction of sp³-hybridized carbons (Fsp3) is 0.294. The summed E-state index contributed by atoms with van der Waals surface area (Å²) in [6.45, 7) is -0.343. The predicted molar refractivity (Wildman–Crippen MR) is 90.6 cm³/mol. The quantitative estimate of drug-likeness (QED) is 0.600. The van der Waals surface area contributed by atoms with Gasteiger partial charge < -0.3 is 31.2 Å². The maximum absolute atomic E-state index is 9.79. The summed E-state index contributed by atoms with van der Waals surface area (Å²) in [4.78, 5) is 0. The first-order valence-corrected chi connectivity index (χ1v) is 7.18. The highest BCUT2D eigenvalue weighted by Crippen LogP contribution is 2.36. The highest BCUT2D eigenvalue weighted by molar-refractivity contribution is 5.79.